The molecule has 23 heavy (non-hydrogen) atoms. The molecule has 0 spiro atoms. The number of aromatic nitrogens is 3. The molecular weight excluding hydrogens is 294 g/mol. The van der Waals surface area contributed by atoms with Crippen molar-refractivity contribution in [3.8, 4) is 6.01 Å². The number of nitrogen functional groups attached to an aromatic ring is 1. The highest BCUT2D eigenvalue weighted by molar-refractivity contribution is 5.99. The lowest BCUT2D eigenvalue weighted by atomic mass is 9.91. The van der Waals surface area contributed by atoms with Crippen LogP contribution in [0.1, 0.15) is 17.2 Å². The van der Waals surface area contributed by atoms with Gasteiger partial charge in [0.05, 0.1) is 24.8 Å². The first-order valence-corrected chi connectivity index (χ1v) is 7.11. The van der Waals surface area contributed by atoms with Crippen molar-refractivity contribution in [3.05, 3.63) is 48.1 Å². The molecule has 2 atom stereocenters. The summed E-state index contributed by atoms with van der Waals surface area (Å²) >= 11 is 0. The smallest absolute Gasteiger partial charge is 0.316 e. The van der Waals surface area contributed by atoms with E-state index in [1.165, 1.54) is 7.11 Å². The molecule has 8 heteroatoms. The summed E-state index contributed by atoms with van der Waals surface area (Å²) < 4.78 is 5.14. The number of nitrogens with zero attached hydrogens (tertiary/aromatic N) is 5. The first-order chi connectivity index (χ1) is 11.2. The molecule has 2 aromatic heterocycles. The van der Waals surface area contributed by atoms with Crippen molar-refractivity contribution in [1.29, 1.82) is 0 Å². The summed E-state index contributed by atoms with van der Waals surface area (Å²) in [6, 6.07) is 3.85. The van der Waals surface area contributed by atoms with E-state index >= 15 is 0 Å². The van der Waals surface area contributed by atoms with Gasteiger partial charge in [0.2, 0.25) is 5.96 Å². The van der Waals surface area contributed by atoms with Crippen molar-refractivity contribution in [2.75, 3.05) is 17.7 Å². The summed E-state index contributed by atoms with van der Waals surface area (Å²) in [5, 5.41) is 0. The summed E-state index contributed by atoms with van der Waals surface area (Å²) in [6.45, 7) is 0. The lowest BCUT2D eigenvalue weighted by molar-refractivity contribution is 0.377. The van der Waals surface area contributed by atoms with Gasteiger partial charge in [-0.15, -0.1) is 0 Å². The quantitative estimate of drug-likeness (QED) is 0.835. The zero-order valence-corrected chi connectivity index (χ0v) is 12.4. The number of ether oxygens (including phenoxy) is 1. The van der Waals surface area contributed by atoms with E-state index in [2.05, 4.69) is 19.9 Å². The highest BCUT2D eigenvalue weighted by Crippen LogP contribution is 2.46. The number of pyridine rings is 1. The maximum atomic E-state index is 6.22. The molecule has 4 heterocycles. The Labute approximate surface area is 132 Å². The summed E-state index contributed by atoms with van der Waals surface area (Å²) in [5.41, 5.74) is 14.6. The Morgan fingerprint density at radius 3 is 2.83 bits per heavy atom. The van der Waals surface area contributed by atoms with Crippen LogP contribution in [0.4, 0.5) is 11.5 Å². The molecule has 2 aliphatic heterocycles. The highest BCUT2D eigenvalue weighted by Gasteiger charge is 2.44. The van der Waals surface area contributed by atoms with Gasteiger partial charge in [0.15, 0.2) is 0 Å². The molecule has 2 unspecified atom stereocenters. The predicted octanol–water partition coefficient (Wildman–Crippen LogP) is 0.625. The maximum absolute atomic E-state index is 6.22. The van der Waals surface area contributed by atoms with Gasteiger partial charge in [0.1, 0.15) is 5.82 Å². The first kappa shape index (κ1) is 13.5. The largest absolute Gasteiger partial charge is 0.467 e. The standard InChI is InChI=1S/C15H15N7O/c1-23-15-20-6-3-9(21-15)12-10-4-7-19-14(17)22(10)13-11(12)8(16)2-5-18-13/h2-7,10,12H,1H3,(H2,16,18)(H2,17,19). The molecule has 0 saturated carbocycles. The number of aliphatic imine (C=N–C) groups is 1. The van der Waals surface area contributed by atoms with E-state index in [0.29, 0.717) is 23.5 Å². The number of hydrogen-bond acceptors (Lipinski definition) is 8. The van der Waals surface area contributed by atoms with E-state index in [1.54, 1.807) is 24.7 Å². The number of guanidine groups is 1. The summed E-state index contributed by atoms with van der Waals surface area (Å²) in [6.07, 6.45) is 7.00. The Bertz CT molecular complexity index is 832. The van der Waals surface area contributed by atoms with E-state index in [4.69, 9.17) is 16.2 Å². The van der Waals surface area contributed by atoms with Gasteiger partial charge in [-0.1, -0.05) is 0 Å². The highest BCUT2D eigenvalue weighted by atomic mass is 16.5. The third-order valence-corrected chi connectivity index (χ3v) is 4.07. The van der Waals surface area contributed by atoms with Crippen molar-refractivity contribution in [3.63, 3.8) is 0 Å². The third-order valence-electron chi connectivity index (χ3n) is 4.07. The SMILES string of the molecule is COc1nccc(C2c3c(N)ccnc3N3C(N)=NC=CC23)n1. The van der Waals surface area contributed by atoms with Gasteiger partial charge in [-0.2, -0.15) is 4.98 Å². The van der Waals surface area contributed by atoms with Gasteiger partial charge >= 0.3 is 6.01 Å². The van der Waals surface area contributed by atoms with Crippen LogP contribution in [0.2, 0.25) is 0 Å². The molecule has 0 fully saturated rings. The van der Waals surface area contributed by atoms with Gasteiger partial charge in [0, 0.05) is 29.8 Å². The van der Waals surface area contributed by atoms with Gasteiger partial charge < -0.3 is 16.2 Å². The fourth-order valence-corrected chi connectivity index (χ4v) is 3.12. The molecular formula is C15H15N7O. The zero-order valence-electron chi connectivity index (χ0n) is 12.4. The normalized spacial score (nSPS) is 21.6. The number of nitrogens with two attached hydrogens (primary N) is 2. The van der Waals surface area contributed by atoms with Crippen LogP contribution in [0, 0.1) is 0 Å². The van der Waals surface area contributed by atoms with Crippen molar-refractivity contribution in [2.45, 2.75) is 12.0 Å². The molecule has 4 rings (SSSR count). The number of hydrogen-bond donors (Lipinski definition) is 2. The molecule has 0 saturated heterocycles. The fourth-order valence-electron chi connectivity index (χ4n) is 3.12. The second-order valence-electron chi connectivity index (χ2n) is 5.27. The van der Waals surface area contributed by atoms with Gasteiger partial charge in [-0.25, -0.2) is 15.0 Å². The molecule has 4 N–H and O–H groups in total. The number of rotatable bonds is 2. The lowest BCUT2D eigenvalue weighted by Gasteiger charge is -2.28. The van der Waals surface area contributed by atoms with Gasteiger partial charge in [-0.3, -0.25) is 4.90 Å². The van der Waals surface area contributed by atoms with Crippen LogP contribution in [-0.2, 0) is 0 Å². The van der Waals surface area contributed by atoms with Crippen LogP contribution in [-0.4, -0.2) is 34.1 Å². The Hall–Kier alpha value is -3.16. The maximum Gasteiger partial charge on any atom is 0.316 e. The predicted molar refractivity (Wildman–Crippen MR) is 86.1 cm³/mol. The van der Waals surface area contributed by atoms with Crippen LogP contribution in [0.3, 0.4) is 0 Å². The van der Waals surface area contributed by atoms with Crippen LogP contribution < -0.4 is 21.1 Å². The van der Waals surface area contributed by atoms with Crippen LogP contribution in [0.25, 0.3) is 0 Å². The Morgan fingerprint density at radius 1 is 1.17 bits per heavy atom. The van der Waals surface area contributed by atoms with Gasteiger partial charge in [0.25, 0.3) is 0 Å². The van der Waals surface area contributed by atoms with E-state index in [9.17, 15) is 0 Å². The molecule has 8 nitrogen and oxygen atoms in total. The van der Waals surface area contributed by atoms with Crippen molar-refractivity contribution in [1.82, 2.24) is 15.0 Å². The first-order valence-electron chi connectivity index (χ1n) is 7.11. The molecule has 2 aliphatic rings. The number of anilines is 2. The van der Waals surface area contributed by atoms with Crippen LogP contribution in [0.15, 0.2) is 41.8 Å². The van der Waals surface area contributed by atoms with Crippen LogP contribution >= 0.6 is 0 Å². The van der Waals surface area contributed by atoms with Crippen molar-refractivity contribution in [2.24, 2.45) is 10.7 Å². The van der Waals surface area contributed by atoms with E-state index in [-0.39, 0.29) is 12.0 Å². The molecule has 0 aliphatic carbocycles. The molecule has 0 bridgehead atoms. The number of fused-ring (bicyclic) bond motifs is 3. The monoisotopic (exact) mass is 309 g/mol. The van der Waals surface area contributed by atoms with Crippen molar-refractivity contribution < 1.29 is 4.74 Å². The molecule has 0 radical (unpaired) electrons. The van der Waals surface area contributed by atoms with Crippen molar-refractivity contribution >= 4 is 17.5 Å². The second-order valence-corrected chi connectivity index (χ2v) is 5.27. The minimum Gasteiger partial charge on any atom is -0.467 e. The third kappa shape index (κ3) is 1.91. The topological polar surface area (TPSA) is 116 Å². The Kier molecular flexibility index (Phi) is 2.90. The molecule has 0 amide bonds. The molecule has 0 aromatic carbocycles. The Balaban J connectivity index is 1.93. The Morgan fingerprint density at radius 2 is 2.00 bits per heavy atom. The lowest BCUT2D eigenvalue weighted by Crippen LogP contribution is -2.44. The summed E-state index contributed by atoms with van der Waals surface area (Å²) in [7, 11) is 1.54. The summed E-state index contributed by atoms with van der Waals surface area (Å²) in [5.74, 6) is 0.976. The zero-order chi connectivity index (χ0) is 16.0. The fraction of sp³-hybridized carbons (Fsp3) is 0.200. The molecule has 2 aromatic rings. The number of methoxy groups -OCH3 is 1. The minimum absolute atomic E-state index is 0.0840. The average molecular weight is 309 g/mol. The van der Waals surface area contributed by atoms with Crippen LogP contribution in [0.5, 0.6) is 6.01 Å². The van der Waals surface area contributed by atoms with Gasteiger partial charge in [-0.05, 0) is 18.2 Å². The molecule has 116 valence electrons. The van der Waals surface area contributed by atoms with E-state index in [0.717, 1.165) is 11.3 Å². The van der Waals surface area contributed by atoms with E-state index in [1.807, 2.05) is 17.0 Å². The average Bonchev–Trinajstić information content (AvgIpc) is 2.92. The van der Waals surface area contributed by atoms with E-state index < -0.39 is 0 Å². The summed E-state index contributed by atoms with van der Waals surface area (Å²) in [4.78, 5) is 19.0. The second kappa shape index (κ2) is 4.94. The minimum atomic E-state index is -0.124.